The number of alkyl halides is 6. The maximum Gasteiger partial charge on any atom is 0.411 e. The molecule has 0 aliphatic rings. The first-order valence-electron chi connectivity index (χ1n) is 11.1. The molecule has 0 aliphatic carbocycles. The smallest absolute Gasteiger partial charge is 0.325 e. The molecule has 0 unspecified atom stereocenters. The summed E-state index contributed by atoms with van der Waals surface area (Å²) in [7, 11) is 0. The number of carbonyl (C=O) groups excluding carboxylic acids is 2. The van der Waals surface area contributed by atoms with E-state index in [1.54, 1.807) is 27.7 Å². The Kier molecular flexibility index (Phi) is 9.22. The fourth-order valence-electron chi connectivity index (χ4n) is 4.20. The molecule has 0 aromatic heterocycles. The lowest BCUT2D eigenvalue weighted by Crippen LogP contribution is -2.55. The van der Waals surface area contributed by atoms with Crippen LogP contribution >= 0.6 is 31.9 Å². The first-order chi connectivity index (χ1) is 16.7. The number of amides is 2. The molecule has 0 aliphatic heterocycles. The monoisotopic (exact) mass is 658 g/mol. The fourth-order valence-corrected chi connectivity index (χ4v) is 5.35. The van der Waals surface area contributed by atoms with Crippen molar-refractivity contribution in [1.82, 2.24) is 0 Å². The number of nitrogens with one attached hydrogen (secondary N) is 2. The second-order valence-electron chi connectivity index (χ2n) is 9.26. The molecule has 0 saturated carbocycles. The van der Waals surface area contributed by atoms with Crippen LogP contribution in [0.5, 0.6) is 0 Å². The molecular weight excluding hydrogens is 634 g/mol. The van der Waals surface area contributed by atoms with Crippen LogP contribution in [0, 0.1) is 0 Å². The molecule has 12 heteroatoms. The molecule has 0 heterocycles. The van der Waals surface area contributed by atoms with Crippen LogP contribution in [0.15, 0.2) is 33.2 Å². The van der Waals surface area contributed by atoms with Gasteiger partial charge in [0.2, 0.25) is 17.2 Å². The summed E-state index contributed by atoms with van der Waals surface area (Å²) in [6.07, 6.45) is -11.6. The van der Waals surface area contributed by atoms with Crippen molar-refractivity contribution >= 4 is 55.0 Å². The van der Waals surface area contributed by atoms with E-state index in [0.717, 1.165) is 24.3 Å². The predicted octanol–water partition coefficient (Wildman–Crippen LogP) is 8.79. The largest absolute Gasteiger partial charge is 0.411 e. The van der Waals surface area contributed by atoms with E-state index in [0.29, 0.717) is 0 Å². The third-order valence-corrected chi connectivity index (χ3v) is 7.05. The van der Waals surface area contributed by atoms with Gasteiger partial charge in [0.15, 0.2) is 0 Å². The van der Waals surface area contributed by atoms with Gasteiger partial charge in [-0.1, -0.05) is 39.8 Å². The van der Waals surface area contributed by atoms with Crippen molar-refractivity contribution in [2.45, 2.75) is 71.1 Å². The van der Waals surface area contributed by atoms with E-state index in [1.165, 1.54) is 13.8 Å². The van der Waals surface area contributed by atoms with Gasteiger partial charge >= 0.3 is 12.4 Å². The highest BCUT2D eigenvalue weighted by atomic mass is 79.9. The summed E-state index contributed by atoms with van der Waals surface area (Å²) in [4.78, 5) is 23.4. The van der Waals surface area contributed by atoms with Crippen molar-refractivity contribution in [3.8, 4) is 0 Å². The summed E-state index contributed by atoms with van der Waals surface area (Å²) >= 11 is 6.16. The Labute approximate surface area is 227 Å². The lowest BCUT2D eigenvalue weighted by molar-refractivity contribution is -0.288. The third-order valence-electron chi connectivity index (χ3n) is 5.80. The highest BCUT2D eigenvalue weighted by molar-refractivity contribution is 9.11. The SMILES string of the molecule is CC(=O)Nc1c(Br)cc(C(c2cc(Br)c(NC(C)=O)c(C(C)C)c2)(C(F)(F)F)C(F)(F)F)cc1C(C)C. The van der Waals surface area contributed by atoms with E-state index < -0.39 is 52.5 Å². The number of hydrogen-bond acceptors (Lipinski definition) is 2. The van der Waals surface area contributed by atoms with Crippen LogP contribution in [0.3, 0.4) is 0 Å². The zero-order valence-electron chi connectivity index (χ0n) is 20.8. The molecule has 2 aromatic rings. The van der Waals surface area contributed by atoms with E-state index in [1.807, 2.05) is 0 Å². The second kappa shape index (κ2) is 11.0. The summed E-state index contributed by atoms with van der Waals surface area (Å²) < 4.78 is 89.2. The van der Waals surface area contributed by atoms with E-state index >= 15 is 0 Å². The Hall–Kier alpha value is -2.08. The van der Waals surface area contributed by atoms with Crippen molar-refractivity contribution in [3.05, 3.63) is 55.5 Å². The van der Waals surface area contributed by atoms with Crippen LogP contribution < -0.4 is 10.6 Å². The normalized spacial score (nSPS) is 12.8. The zero-order valence-corrected chi connectivity index (χ0v) is 24.0. The average Bonchev–Trinajstić information content (AvgIpc) is 2.68. The van der Waals surface area contributed by atoms with Crippen LogP contribution in [0.25, 0.3) is 0 Å². The number of halogens is 8. The highest BCUT2D eigenvalue weighted by Crippen LogP contribution is 2.58. The summed E-state index contributed by atoms with van der Waals surface area (Å²) in [5.74, 6) is -2.13. The number of benzene rings is 2. The van der Waals surface area contributed by atoms with E-state index in [-0.39, 0.29) is 31.4 Å². The Morgan fingerprint density at radius 1 is 0.676 bits per heavy atom. The number of carbonyl (C=O) groups is 2. The predicted molar refractivity (Wildman–Crippen MR) is 138 cm³/mol. The lowest BCUT2D eigenvalue weighted by Gasteiger charge is -2.39. The molecule has 0 radical (unpaired) electrons. The van der Waals surface area contributed by atoms with Crippen molar-refractivity contribution < 1.29 is 35.9 Å². The van der Waals surface area contributed by atoms with Crippen LogP contribution in [-0.2, 0) is 15.0 Å². The summed E-state index contributed by atoms with van der Waals surface area (Å²) in [5.41, 5.74) is -6.19. The first kappa shape index (κ1) is 31.1. The van der Waals surface area contributed by atoms with Crippen LogP contribution in [0.4, 0.5) is 37.7 Å². The Bertz CT molecular complexity index is 1110. The van der Waals surface area contributed by atoms with Gasteiger partial charge in [-0.2, -0.15) is 26.3 Å². The van der Waals surface area contributed by atoms with E-state index in [9.17, 15) is 35.9 Å². The van der Waals surface area contributed by atoms with Crippen LogP contribution in [-0.4, -0.2) is 24.2 Å². The minimum Gasteiger partial charge on any atom is -0.325 e. The third kappa shape index (κ3) is 6.00. The second-order valence-corrected chi connectivity index (χ2v) is 11.0. The Morgan fingerprint density at radius 3 is 1.19 bits per heavy atom. The molecule has 37 heavy (non-hydrogen) atoms. The molecular formula is C25H26Br2F6N2O2. The van der Waals surface area contributed by atoms with Gasteiger partial charge < -0.3 is 10.6 Å². The molecule has 2 N–H and O–H groups in total. The minimum atomic E-state index is -5.82. The van der Waals surface area contributed by atoms with Crippen LogP contribution in [0.2, 0.25) is 0 Å². The number of anilines is 2. The summed E-state index contributed by atoms with van der Waals surface area (Å²) in [5, 5.41) is 4.96. The molecule has 4 nitrogen and oxygen atoms in total. The van der Waals surface area contributed by atoms with Crippen molar-refractivity contribution in [1.29, 1.82) is 0 Å². The molecule has 204 valence electrons. The van der Waals surface area contributed by atoms with Gasteiger partial charge in [-0.15, -0.1) is 0 Å². The summed E-state index contributed by atoms with van der Waals surface area (Å²) in [6.45, 7) is 8.74. The van der Waals surface area contributed by atoms with Gasteiger partial charge in [-0.3, -0.25) is 9.59 Å². The molecule has 2 aromatic carbocycles. The van der Waals surface area contributed by atoms with Gasteiger partial charge in [0.1, 0.15) is 0 Å². The minimum absolute atomic E-state index is 0.0922. The fraction of sp³-hybridized carbons (Fsp3) is 0.440. The molecule has 2 rings (SSSR count). The quantitative estimate of drug-likeness (QED) is 0.305. The van der Waals surface area contributed by atoms with Crippen molar-refractivity contribution in [2.24, 2.45) is 0 Å². The molecule has 0 atom stereocenters. The Morgan fingerprint density at radius 2 is 0.973 bits per heavy atom. The maximum absolute atomic E-state index is 14.9. The lowest BCUT2D eigenvalue weighted by atomic mass is 9.71. The average molecular weight is 660 g/mol. The standard InChI is InChI=1S/C25H26Br2F6N2O2/c1-11(2)17-7-15(9-19(26)21(17)34-13(5)36)23(24(28,29)30,25(31,32)33)16-8-18(12(3)4)22(20(27)10-16)35-14(6)37/h7-12H,1-6H3,(H,34,36)(H,35,37). The Balaban J connectivity index is 3.13. The molecule has 0 saturated heterocycles. The molecule has 0 bridgehead atoms. The summed E-state index contributed by atoms with van der Waals surface area (Å²) in [6, 6.07) is 3.16. The van der Waals surface area contributed by atoms with Gasteiger partial charge in [0, 0.05) is 22.8 Å². The van der Waals surface area contributed by atoms with Crippen LogP contribution in [0.1, 0.15) is 75.6 Å². The van der Waals surface area contributed by atoms with Gasteiger partial charge in [-0.05, 0) is 78.1 Å². The number of hydrogen-bond donors (Lipinski definition) is 2. The molecule has 2 amide bonds. The van der Waals surface area contributed by atoms with E-state index in [4.69, 9.17) is 0 Å². The molecule has 0 spiro atoms. The van der Waals surface area contributed by atoms with Gasteiger partial charge in [-0.25, -0.2) is 0 Å². The van der Waals surface area contributed by atoms with Crippen molar-refractivity contribution in [3.63, 3.8) is 0 Å². The van der Waals surface area contributed by atoms with Gasteiger partial charge in [0.25, 0.3) is 0 Å². The number of rotatable bonds is 6. The zero-order chi connectivity index (χ0) is 28.7. The topological polar surface area (TPSA) is 58.2 Å². The van der Waals surface area contributed by atoms with Gasteiger partial charge in [0.05, 0.1) is 11.4 Å². The van der Waals surface area contributed by atoms with Crippen molar-refractivity contribution in [2.75, 3.05) is 10.6 Å². The highest BCUT2D eigenvalue weighted by Gasteiger charge is 2.72. The maximum atomic E-state index is 14.9. The first-order valence-corrected chi connectivity index (χ1v) is 12.7. The van der Waals surface area contributed by atoms with E-state index in [2.05, 4.69) is 42.5 Å². The molecule has 0 fully saturated rings.